The quantitative estimate of drug-likeness (QED) is 0.117. The van der Waals surface area contributed by atoms with E-state index in [0.29, 0.717) is 36.7 Å². The molecule has 13 rings (SSSR count). The van der Waals surface area contributed by atoms with E-state index in [4.69, 9.17) is 42.6 Å². The van der Waals surface area contributed by atoms with Gasteiger partial charge in [0.2, 0.25) is 0 Å². The number of esters is 9. The second kappa shape index (κ2) is 21.8. The van der Waals surface area contributed by atoms with Gasteiger partial charge in [-0.3, -0.25) is 38.4 Å². The summed E-state index contributed by atoms with van der Waals surface area (Å²) in [5.74, 6) is 1.03. The van der Waals surface area contributed by atoms with E-state index in [1.54, 1.807) is 13.8 Å². The Bertz CT molecular complexity index is 2480. The van der Waals surface area contributed by atoms with Crippen LogP contribution in [0.3, 0.4) is 0 Å². The molecule has 0 spiro atoms. The smallest absolute Gasteiger partial charge is 0.344 e. The molecule has 13 fully saturated rings. The molecule has 8 bridgehead atoms. The van der Waals surface area contributed by atoms with Crippen LogP contribution < -0.4 is 0 Å². The molecule has 9 aliphatic carbocycles. The van der Waals surface area contributed by atoms with Crippen LogP contribution in [0.15, 0.2) is 0 Å². The van der Waals surface area contributed by atoms with Gasteiger partial charge in [0.25, 0.3) is 0 Å². The van der Waals surface area contributed by atoms with Gasteiger partial charge in [-0.1, -0.05) is 34.6 Å². The van der Waals surface area contributed by atoms with Crippen molar-refractivity contribution in [1.82, 2.24) is 0 Å². The Morgan fingerprint density at radius 3 is 1.71 bits per heavy atom. The highest BCUT2D eigenvalue weighted by Gasteiger charge is 2.70. The molecule has 9 saturated carbocycles. The van der Waals surface area contributed by atoms with E-state index in [-0.39, 0.29) is 150 Å². The molecule has 13 aliphatic rings. The summed E-state index contributed by atoms with van der Waals surface area (Å²) in [6.07, 6.45) is 8.70. The number of rotatable bonds is 14. The summed E-state index contributed by atoms with van der Waals surface area (Å²) in [5.41, 5.74) is -2.28. The molecule has 0 aromatic heterocycles. The van der Waals surface area contributed by atoms with Crippen LogP contribution >= 0.6 is 0 Å². The molecule has 0 amide bonds. The van der Waals surface area contributed by atoms with E-state index in [1.807, 2.05) is 76.2 Å². The summed E-state index contributed by atoms with van der Waals surface area (Å²) in [6.45, 7) is 27.1. The molecule has 4 aliphatic heterocycles. The van der Waals surface area contributed by atoms with Crippen molar-refractivity contribution >= 4 is 53.7 Å². The predicted octanol–water partition coefficient (Wildman–Crippen LogP) is 8.48. The lowest BCUT2D eigenvalue weighted by molar-refractivity contribution is -0.174. The van der Waals surface area contributed by atoms with Crippen LogP contribution in [0.4, 0.5) is 0 Å². The molecule has 18 heteroatoms. The van der Waals surface area contributed by atoms with Gasteiger partial charge in [-0.05, 0) is 151 Å². The summed E-state index contributed by atoms with van der Waals surface area (Å²) in [7, 11) is 0. The maximum atomic E-state index is 12.3. The molecule has 0 aromatic carbocycles. The Kier molecular flexibility index (Phi) is 16.3. The fourth-order valence-corrected chi connectivity index (χ4v) is 15.5. The van der Waals surface area contributed by atoms with Crippen LogP contribution in [0.2, 0.25) is 0 Å². The van der Waals surface area contributed by atoms with Crippen LogP contribution in [-0.2, 0) is 85.8 Å². The topological polar surface area (TPSA) is 237 Å². The van der Waals surface area contributed by atoms with Crippen LogP contribution in [0, 0.1) is 104 Å². The first-order valence-electron chi connectivity index (χ1n) is 30.2. The molecule has 446 valence electrons. The summed E-state index contributed by atoms with van der Waals surface area (Å²) >= 11 is 0. The van der Waals surface area contributed by atoms with Crippen LogP contribution in [0.5, 0.6) is 0 Å². The SMILES string of the molecule is CCC(C)(C)C(=O)OC1C2CC3C1OC(=O)C3(C)C2.CCC(C)(C)C(=O)OC1C2CC3C1OC(=O)C3C2C.CCC(C)(C)C(=O)OC1CC2CCC1C1COC(=O)C21.CCC(C)(C)C(=O)OCC(=O)OC1C2CC3C(=O)OC1C3C2. The van der Waals surface area contributed by atoms with Crippen LogP contribution in [0.1, 0.15) is 174 Å². The number of fused-ring (bicyclic) bond motifs is 5. The lowest BCUT2D eigenvalue weighted by Gasteiger charge is -2.47. The van der Waals surface area contributed by atoms with Crippen molar-refractivity contribution in [3.8, 4) is 0 Å². The van der Waals surface area contributed by atoms with E-state index >= 15 is 0 Å². The highest BCUT2D eigenvalue weighted by molar-refractivity contribution is 5.83. The molecule has 21 atom stereocenters. The molecule has 21 unspecified atom stereocenters. The predicted molar refractivity (Wildman–Crippen MR) is 283 cm³/mol. The Morgan fingerprint density at radius 2 is 1.09 bits per heavy atom. The molecule has 0 radical (unpaired) electrons. The third kappa shape index (κ3) is 10.4. The lowest BCUT2D eigenvalue weighted by Crippen LogP contribution is -2.50. The van der Waals surface area contributed by atoms with Gasteiger partial charge in [-0.15, -0.1) is 0 Å². The summed E-state index contributed by atoms with van der Waals surface area (Å²) in [5, 5.41) is 0. The Morgan fingerprint density at radius 1 is 0.525 bits per heavy atom. The molecule has 0 aromatic rings. The second-order valence-corrected chi connectivity index (χ2v) is 28.6. The maximum absolute atomic E-state index is 12.3. The molecular weight excluding hydrogens is 1030 g/mol. The van der Waals surface area contributed by atoms with Gasteiger partial charge >= 0.3 is 53.7 Å². The Hall–Kier alpha value is -4.77. The normalized spacial score (nSPS) is 40.2. The second-order valence-electron chi connectivity index (χ2n) is 28.6. The number of hydrogen-bond acceptors (Lipinski definition) is 18. The van der Waals surface area contributed by atoms with E-state index < -0.39 is 33.6 Å². The Labute approximate surface area is 471 Å². The van der Waals surface area contributed by atoms with Crippen LogP contribution in [0.25, 0.3) is 0 Å². The molecular formula is C62H90O18. The van der Waals surface area contributed by atoms with Gasteiger partial charge in [0.05, 0.1) is 51.4 Å². The summed E-state index contributed by atoms with van der Waals surface area (Å²) in [6, 6.07) is 0. The lowest BCUT2D eigenvalue weighted by atomic mass is 9.58. The number of carbonyl (C=O) groups is 9. The molecule has 0 N–H and O–H groups in total. The van der Waals surface area contributed by atoms with Gasteiger partial charge in [-0.25, -0.2) is 4.79 Å². The highest BCUT2D eigenvalue weighted by Crippen LogP contribution is 2.63. The first kappa shape index (κ1) is 59.8. The number of ether oxygens (including phenoxy) is 9. The molecule has 80 heavy (non-hydrogen) atoms. The van der Waals surface area contributed by atoms with Crippen molar-refractivity contribution < 1.29 is 85.8 Å². The minimum atomic E-state index is -0.610. The van der Waals surface area contributed by atoms with Gasteiger partial charge in [0.15, 0.2) is 6.61 Å². The zero-order valence-corrected chi connectivity index (χ0v) is 49.8. The minimum Gasteiger partial charge on any atom is -0.465 e. The number of cyclic esters (lactones) is 1. The first-order valence-corrected chi connectivity index (χ1v) is 30.2. The van der Waals surface area contributed by atoms with Crippen molar-refractivity contribution in [3.05, 3.63) is 0 Å². The Balaban J connectivity index is 0.000000129. The zero-order chi connectivity index (χ0) is 58.5. The monoisotopic (exact) mass is 1120 g/mol. The fourth-order valence-electron chi connectivity index (χ4n) is 15.5. The number of hydrogen-bond donors (Lipinski definition) is 0. The van der Waals surface area contributed by atoms with E-state index in [9.17, 15) is 43.2 Å². The van der Waals surface area contributed by atoms with Crippen molar-refractivity contribution in [2.45, 2.75) is 217 Å². The van der Waals surface area contributed by atoms with Gasteiger partial charge in [0, 0.05) is 47.3 Å². The van der Waals surface area contributed by atoms with Crippen molar-refractivity contribution in [2.24, 2.45) is 104 Å². The summed E-state index contributed by atoms with van der Waals surface area (Å²) < 4.78 is 49.2. The van der Waals surface area contributed by atoms with Crippen molar-refractivity contribution in [3.63, 3.8) is 0 Å². The van der Waals surface area contributed by atoms with E-state index in [2.05, 4.69) is 6.92 Å². The molecule has 4 heterocycles. The van der Waals surface area contributed by atoms with Gasteiger partial charge < -0.3 is 42.6 Å². The third-order valence-corrected chi connectivity index (χ3v) is 22.5. The highest BCUT2D eigenvalue weighted by atomic mass is 16.6. The van der Waals surface area contributed by atoms with E-state index in [0.717, 1.165) is 70.6 Å². The first-order chi connectivity index (χ1) is 37.4. The van der Waals surface area contributed by atoms with Gasteiger partial charge in [-0.2, -0.15) is 0 Å². The average Bonchev–Trinajstić information content (AvgIpc) is 4.53. The largest absolute Gasteiger partial charge is 0.465 e. The maximum Gasteiger partial charge on any atom is 0.344 e. The standard InChI is InChI=1S/C16H22O6.C16H24O4.2C15H22O4/c1-4-16(2,3)15(19)20-7-11(17)21-12-8-5-9-10(6-8)14(18)22-13(9)12;1-4-16(2,3)15(18)20-12-7-9-5-6-10(12)11-8-19-14(17)13(9)11;1-5-14(2,3)12(16)18-10-8-6-9-11(10)19-13(17)15(9,4)7-8;1-5-15(3,4)14(17)19-11-8-6-9-10(7(8)2)13(16)18-12(9)11/h8-10,12-13H,4-7H2,1-3H3;9-13H,4-8H2,1-3H3;8-11H,5-7H2,1-4H3;7-12H,5-6H2,1-4H3. The van der Waals surface area contributed by atoms with Gasteiger partial charge in [0.1, 0.15) is 42.7 Å². The van der Waals surface area contributed by atoms with Crippen molar-refractivity contribution in [2.75, 3.05) is 13.2 Å². The zero-order valence-electron chi connectivity index (χ0n) is 49.8. The summed E-state index contributed by atoms with van der Waals surface area (Å²) in [4.78, 5) is 108. The molecule has 4 saturated heterocycles. The average molecular weight is 1120 g/mol. The van der Waals surface area contributed by atoms with Crippen molar-refractivity contribution in [1.29, 1.82) is 0 Å². The third-order valence-electron chi connectivity index (χ3n) is 22.5. The number of carbonyl (C=O) groups excluding carboxylic acids is 9. The van der Waals surface area contributed by atoms with Crippen LogP contribution in [-0.4, -0.2) is 110 Å². The fraction of sp³-hybridized carbons (Fsp3) is 0.855. The molecule has 18 nitrogen and oxygen atoms in total. The van der Waals surface area contributed by atoms with E-state index in [1.165, 1.54) is 0 Å². The minimum absolute atomic E-state index is 0.00636.